The van der Waals surface area contributed by atoms with Gasteiger partial charge in [-0.2, -0.15) is 0 Å². The number of nitrogens with zero attached hydrogens (tertiary/aromatic N) is 5. The van der Waals surface area contributed by atoms with Crippen molar-refractivity contribution in [2.45, 2.75) is 50.2 Å². The molecule has 3 heterocycles. The summed E-state index contributed by atoms with van der Waals surface area (Å²) in [6.45, 7) is 2.14. The molecule has 0 unspecified atom stereocenters. The van der Waals surface area contributed by atoms with Gasteiger partial charge in [-0.3, -0.25) is 4.79 Å². The third-order valence-corrected chi connectivity index (χ3v) is 8.94. The number of piperidine rings is 1. The highest BCUT2D eigenvalue weighted by atomic mass is 32.2. The molecule has 0 aliphatic carbocycles. The highest BCUT2D eigenvalue weighted by Crippen LogP contribution is 2.29. The molecule has 1 aliphatic rings. The fourth-order valence-electron chi connectivity index (χ4n) is 5.74. The zero-order valence-corrected chi connectivity index (χ0v) is 24.2. The maximum atomic E-state index is 14.1. The van der Waals surface area contributed by atoms with E-state index in [1.165, 1.54) is 41.6 Å². The lowest BCUT2D eigenvalue weighted by atomic mass is 9.90. The maximum absolute atomic E-state index is 14.1. The number of carbonyl (C=O) groups excluding carboxylic acids is 1. The molecule has 9 heteroatoms. The Morgan fingerprint density at radius 2 is 1.64 bits per heavy atom. The van der Waals surface area contributed by atoms with Crippen LogP contribution < -0.4 is 0 Å². The molecular weight excluding hydrogens is 552 g/mol. The first-order chi connectivity index (χ1) is 20.5. The van der Waals surface area contributed by atoms with Crippen molar-refractivity contribution in [1.82, 2.24) is 24.6 Å². The number of carbonyl (C=O) groups is 1. The standard InChI is InChI=1S/C33H33F2N5OS/c34-26-11-9-25(10-12-26)22-40-29-14-13-27(35)21-28(29)31-32(40)36-33(38-37-31)42-19-5-4-8-30(41)39-17-15-24(16-18-39)20-23-6-2-1-3-7-23/h1-3,6-7,9-14,21,24H,4-5,8,15-20,22H2. The predicted molar refractivity (Wildman–Crippen MR) is 162 cm³/mol. The van der Waals surface area contributed by atoms with Crippen LogP contribution in [0.5, 0.6) is 0 Å². The monoisotopic (exact) mass is 585 g/mol. The molecule has 0 saturated carbocycles. The molecule has 2 aromatic heterocycles. The van der Waals surface area contributed by atoms with Gasteiger partial charge in [0.1, 0.15) is 17.2 Å². The molecule has 1 aliphatic heterocycles. The van der Waals surface area contributed by atoms with Gasteiger partial charge in [-0.1, -0.05) is 54.2 Å². The molecule has 0 atom stereocenters. The number of rotatable bonds is 10. The number of benzene rings is 3. The molecule has 1 amide bonds. The van der Waals surface area contributed by atoms with Crippen molar-refractivity contribution < 1.29 is 13.6 Å². The molecule has 6 nitrogen and oxygen atoms in total. The quantitative estimate of drug-likeness (QED) is 0.130. The van der Waals surface area contributed by atoms with E-state index in [1.54, 1.807) is 18.2 Å². The van der Waals surface area contributed by atoms with Gasteiger partial charge in [0.05, 0.1) is 5.52 Å². The molecule has 1 saturated heterocycles. The Bertz CT molecular complexity index is 1670. The van der Waals surface area contributed by atoms with E-state index < -0.39 is 0 Å². The van der Waals surface area contributed by atoms with Crippen LogP contribution in [0.4, 0.5) is 8.78 Å². The molecule has 0 radical (unpaired) electrons. The van der Waals surface area contributed by atoms with E-state index in [2.05, 4.69) is 34.5 Å². The average Bonchev–Trinajstić information content (AvgIpc) is 3.30. The second-order valence-corrected chi connectivity index (χ2v) is 12.0. The first-order valence-electron chi connectivity index (χ1n) is 14.5. The Morgan fingerprint density at radius 3 is 2.43 bits per heavy atom. The number of fused-ring (bicyclic) bond motifs is 3. The lowest BCUT2D eigenvalue weighted by Gasteiger charge is -2.32. The Labute approximate surface area is 248 Å². The van der Waals surface area contributed by atoms with Crippen LogP contribution in [-0.2, 0) is 17.8 Å². The number of likely N-dealkylation sites (tertiary alicyclic amines) is 1. The summed E-state index contributed by atoms with van der Waals surface area (Å²) in [4.78, 5) is 19.6. The van der Waals surface area contributed by atoms with Gasteiger partial charge in [-0.15, -0.1) is 10.2 Å². The van der Waals surface area contributed by atoms with Gasteiger partial charge in [0.25, 0.3) is 0 Å². The van der Waals surface area contributed by atoms with Gasteiger partial charge in [0.2, 0.25) is 11.1 Å². The van der Waals surface area contributed by atoms with Crippen molar-refractivity contribution in [3.63, 3.8) is 0 Å². The number of hydrogen-bond donors (Lipinski definition) is 0. The minimum atomic E-state index is -0.352. The van der Waals surface area contributed by atoms with Crippen LogP contribution in [0.15, 0.2) is 78.0 Å². The first-order valence-corrected chi connectivity index (χ1v) is 15.5. The number of unbranched alkanes of at least 4 members (excludes halogenated alkanes) is 1. The van der Waals surface area contributed by atoms with Gasteiger partial charge >= 0.3 is 0 Å². The van der Waals surface area contributed by atoms with Crippen LogP contribution in [0, 0.1) is 17.6 Å². The second-order valence-electron chi connectivity index (χ2n) is 11.0. The second kappa shape index (κ2) is 13.0. The van der Waals surface area contributed by atoms with Gasteiger partial charge in [0, 0.05) is 37.2 Å². The average molecular weight is 586 g/mol. The number of hydrogen-bond acceptors (Lipinski definition) is 5. The Hall–Kier alpha value is -3.85. The molecule has 1 fully saturated rings. The van der Waals surface area contributed by atoms with Crippen LogP contribution in [-0.4, -0.2) is 49.4 Å². The molecule has 5 aromatic rings. The van der Waals surface area contributed by atoms with Crippen molar-refractivity contribution in [2.24, 2.45) is 5.92 Å². The van der Waals surface area contributed by atoms with Crippen molar-refractivity contribution in [1.29, 1.82) is 0 Å². The SMILES string of the molecule is O=C(CCCCSc1nnc2c3cc(F)ccc3n(Cc3ccc(F)cc3)c2n1)N1CCC(Cc2ccccc2)CC1. The highest BCUT2D eigenvalue weighted by molar-refractivity contribution is 7.99. The van der Waals surface area contributed by atoms with Gasteiger partial charge < -0.3 is 9.47 Å². The van der Waals surface area contributed by atoms with E-state index in [4.69, 9.17) is 4.98 Å². The predicted octanol–water partition coefficient (Wildman–Crippen LogP) is 7.05. The van der Waals surface area contributed by atoms with Gasteiger partial charge in [0.15, 0.2) is 5.65 Å². The smallest absolute Gasteiger partial charge is 0.222 e. The Balaban J connectivity index is 1.02. The molecular formula is C33H33F2N5OS. The zero-order valence-electron chi connectivity index (χ0n) is 23.4. The number of aromatic nitrogens is 4. The minimum Gasteiger partial charge on any atom is -0.343 e. The third-order valence-electron chi connectivity index (χ3n) is 8.01. The normalized spacial score (nSPS) is 14.2. The van der Waals surface area contributed by atoms with E-state index in [0.717, 1.165) is 62.0 Å². The number of amides is 1. The molecule has 0 spiro atoms. The summed E-state index contributed by atoms with van der Waals surface area (Å²) in [5.41, 5.74) is 4.22. The maximum Gasteiger partial charge on any atom is 0.222 e. The summed E-state index contributed by atoms with van der Waals surface area (Å²) in [5, 5.41) is 9.89. The van der Waals surface area contributed by atoms with Crippen molar-refractivity contribution in [3.05, 3.63) is 95.6 Å². The molecule has 6 rings (SSSR count). The summed E-state index contributed by atoms with van der Waals surface area (Å²) >= 11 is 1.51. The molecule has 3 aromatic carbocycles. The van der Waals surface area contributed by atoms with E-state index in [-0.39, 0.29) is 17.5 Å². The summed E-state index contributed by atoms with van der Waals surface area (Å²) < 4.78 is 29.5. The lowest BCUT2D eigenvalue weighted by molar-refractivity contribution is -0.132. The summed E-state index contributed by atoms with van der Waals surface area (Å²) in [6, 6.07) is 21.5. The van der Waals surface area contributed by atoms with Crippen LogP contribution in [0.2, 0.25) is 0 Å². The topological polar surface area (TPSA) is 63.9 Å². The van der Waals surface area contributed by atoms with Crippen molar-refractivity contribution >= 4 is 39.7 Å². The first kappa shape index (κ1) is 28.3. The zero-order chi connectivity index (χ0) is 28.9. The van der Waals surface area contributed by atoms with Gasteiger partial charge in [-0.25, -0.2) is 13.8 Å². The highest BCUT2D eigenvalue weighted by Gasteiger charge is 2.22. The Kier molecular flexibility index (Phi) is 8.74. The third kappa shape index (κ3) is 6.62. The van der Waals surface area contributed by atoms with Crippen molar-refractivity contribution in [2.75, 3.05) is 18.8 Å². The van der Waals surface area contributed by atoms with Crippen LogP contribution in [0.1, 0.15) is 43.2 Å². The van der Waals surface area contributed by atoms with Crippen LogP contribution in [0.25, 0.3) is 22.1 Å². The summed E-state index contributed by atoms with van der Waals surface area (Å²) in [5.74, 6) is 1.01. The molecule has 42 heavy (non-hydrogen) atoms. The number of halogens is 2. The summed E-state index contributed by atoms with van der Waals surface area (Å²) in [6.07, 6.45) is 5.45. The van der Waals surface area contributed by atoms with E-state index in [9.17, 15) is 13.6 Å². The van der Waals surface area contributed by atoms with E-state index in [1.807, 2.05) is 15.5 Å². The van der Waals surface area contributed by atoms with E-state index >= 15 is 0 Å². The molecule has 216 valence electrons. The van der Waals surface area contributed by atoms with Crippen LogP contribution >= 0.6 is 11.8 Å². The number of thioether (sulfide) groups is 1. The van der Waals surface area contributed by atoms with Crippen molar-refractivity contribution in [3.8, 4) is 0 Å². The fraction of sp³-hybridized carbons (Fsp3) is 0.333. The van der Waals surface area contributed by atoms with E-state index in [0.29, 0.717) is 40.6 Å². The molecule has 0 N–H and O–H groups in total. The minimum absolute atomic E-state index is 0.245. The van der Waals surface area contributed by atoms with Gasteiger partial charge in [-0.05, 0) is 79.5 Å². The Morgan fingerprint density at radius 1 is 0.881 bits per heavy atom. The summed E-state index contributed by atoms with van der Waals surface area (Å²) in [7, 11) is 0. The fourth-order valence-corrected chi connectivity index (χ4v) is 6.52. The molecule has 0 bridgehead atoms. The van der Waals surface area contributed by atoms with Crippen LogP contribution in [0.3, 0.4) is 0 Å². The largest absolute Gasteiger partial charge is 0.343 e. The lowest BCUT2D eigenvalue weighted by Crippen LogP contribution is -2.38.